The molecule has 3 aromatic heterocycles. The molecule has 3 aromatic rings. The van der Waals surface area contributed by atoms with Crippen LogP contribution >= 0.6 is 22.7 Å². The van der Waals surface area contributed by atoms with Crippen molar-refractivity contribution in [3.63, 3.8) is 0 Å². The minimum atomic E-state index is -0.418. The van der Waals surface area contributed by atoms with Crippen molar-refractivity contribution in [2.24, 2.45) is 0 Å². The molecule has 3 rings (SSSR count). The molecule has 7 nitrogen and oxygen atoms in total. The van der Waals surface area contributed by atoms with Gasteiger partial charge in [0.15, 0.2) is 16.6 Å². The SMILES string of the molecule is CCOC(=O)Cc1csc(NC(=O)c2cc(-c3cccs3)on2)n1. The van der Waals surface area contributed by atoms with Gasteiger partial charge in [-0.15, -0.1) is 22.7 Å². The largest absolute Gasteiger partial charge is 0.466 e. The first-order chi connectivity index (χ1) is 11.7. The maximum absolute atomic E-state index is 12.2. The second kappa shape index (κ2) is 7.37. The number of thiazole rings is 1. The van der Waals surface area contributed by atoms with Crippen LogP contribution in [-0.4, -0.2) is 28.6 Å². The number of amides is 1. The number of aromatic nitrogens is 2. The molecule has 0 saturated heterocycles. The first-order valence-electron chi connectivity index (χ1n) is 7.07. The number of hydrogen-bond donors (Lipinski definition) is 1. The molecule has 0 aliphatic carbocycles. The summed E-state index contributed by atoms with van der Waals surface area (Å²) in [6, 6.07) is 5.35. The first-order valence-corrected chi connectivity index (χ1v) is 8.83. The van der Waals surface area contributed by atoms with Crippen molar-refractivity contribution >= 4 is 39.7 Å². The van der Waals surface area contributed by atoms with Crippen LogP contribution in [0.3, 0.4) is 0 Å². The zero-order valence-electron chi connectivity index (χ0n) is 12.6. The van der Waals surface area contributed by atoms with Gasteiger partial charge >= 0.3 is 5.97 Å². The minimum Gasteiger partial charge on any atom is -0.466 e. The Labute approximate surface area is 145 Å². The van der Waals surface area contributed by atoms with Crippen LogP contribution in [0.25, 0.3) is 10.6 Å². The zero-order chi connectivity index (χ0) is 16.9. The van der Waals surface area contributed by atoms with Gasteiger partial charge in [0.1, 0.15) is 0 Å². The second-order valence-electron chi connectivity index (χ2n) is 4.63. The van der Waals surface area contributed by atoms with E-state index in [1.54, 1.807) is 18.4 Å². The van der Waals surface area contributed by atoms with Crippen LogP contribution in [-0.2, 0) is 16.0 Å². The number of thiophene rings is 1. The number of ether oxygens (including phenoxy) is 1. The predicted octanol–water partition coefficient (Wildman–Crippen LogP) is 3.22. The molecule has 1 N–H and O–H groups in total. The number of hydrogen-bond acceptors (Lipinski definition) is 8. The Balaban J connectivity index is 1.63. The zero-order valence-corrected chi connectivity index (χ0v) is 14.3. The number of esters is 1. The molecule has 0 aliphatic heterocycles. The Kier molecular flexibility index (Phi) is 5.02. The van der Waals surface area contributed by atoms with Crippen molar-refractivity contribution in [3.8, 4) is 10.6 Å². The van der Waals surface area contributed by atoms with E-state index in [1.807, 2.05) is 17.5 Å². The Bertz CT molecular complexity index is 839. The molecule has 1 amide bonds. The van der Waals surface area contributed by atoms with Crippen LogP contribution in [0.5, 0.6) is 0 Å². The summed E-state index contributed by atoms with van der Waals surface area (Å²) in [5, 5.41) is 10.4. The Morgan fingerprint density at radius 2 is 2.25 bits per heavy atom. The van der Waals surface area contributed by atoms with Gasteiger partial charge in [0, 0.05) is 11.4 Å². The fraction of sp³-hybridized carbons (Fsp3) is 0.200. The molecule has 0 aliphatic rings. The normalized spacial score (nSPS) is 10.5. The molecule has 0 atom stereocenters. The van der Waals surface area contributed by atoms with Gasteiger partial charge in [-0.05, 0) is 18.4 Å². The molecular formula is C15H13N3O4S2. The number of nitrogens with zero attached hydrogens (tertiary/aromatic N) is 2. The van der Waals surface area contributed by atoms with Gasteiger partial charge in [-0.2, -0.15) is 0 Å². The third-order valence-electron chi connectivity index (χ3n) is 2.91. The van der Waals surface area contributed by atoms with E-state index in [-0.39, 0.29) is 18.1 Å². The monoisotopic (exact) mass is 363 g/mol. The Morgan fingerprint density at radius 1 is 1.38 bits per heavy atom. The van der Waals surface area contributed by atoms with Crippen molar-refractivity contribution in [2.45, 2.75) is 13.3 Å². The van der Waals surface area contributed by atoms with Crippen molar-refractivity contribution in [1.82, 2.24) is 10.1 Å². The molecule has 24 heavy (non-hydrogen) atoms. The summed E-state index contributed by atoms with van der Waals surface area (Å²) in [6.45, 7) is 2.07. The van der Waals surface area contributed by atoms with Gasteiger partial charge in [0.2, 0.25) is 0 Å². The van der Waals surface area contributed by atoms with E-state index in [0.717, 1.165) is 4.88 Å². The molecule has 0 fully saturated rings. The highest BCUT2D eigenvalue weighted by Gasteiger charge is 2.16. The number of carbonyl (C=O) groups is 2. The van der Waals surface area contributed by atoms with E-state index in [9.17, 15) is 9.59 Å². The average molecular weight is 363 g/mol. The van der Waals surface area contributed by atoms with Crippen LogP contribution < -0.4 is 5.32 Å². The molecule has 0 spiro atoms. The molecule has 9 heteroatoms. The topological polar surface area (TPSA) is 94.3 Å². The molecule has 0 aromatic carbocycles. The molecule has 0 saturated carbocycles. The van der Waals surface area contributed by atoms with Crippen molar-refractivity contribution in [3.05, 3.63) is 40.3 Å². The van der Waals surface area contributed by atoms with Crippen molar-refractivity contribution < 1.29 is 18.8 Å². The van der Waals surface area contributed by atoms with Crippen LogP contribution in [0.15, 0.2) is 33.5 Å². The molecule has 3 heterocycles. The number of rotatable bonds is 6. The minimum absolute atomic E-state index is 0.0761. The number of carbonyl (C=O) groups excluding carboxylic acids is 2. The lowest BCUT2D eigenvalue weighted by Crippen LogP contribution is -2.12. The third kappa shape index (κ3) is 3.87. The van der Waals surface area contributed by atoms with Crippen LogP contribution in [0.4, 0.5) is 5.13 Å². The van der Waals surface area contributed by atoms with Crippen LogP contribution in [0.1, 0.15) is 23.1 Å². The van der Waals surface area contributed by atoms with Gasteiger partial charge < -0.3 is 9.26 Å². The fourth-order valence-electron chi connectivity index (χ4n) is 1.88. The predicted molar refractivity (Wildman–Crippen MR) is 90.2 cm³/mol. The summed E-state index contributed by atoms with van der Waals surface area (Å²) in [7, 11) is 0. The van der Waals surface area contributed by atoms with E-state index in [2.05, 4.69) is 15.5 Å². The average Bonchev–Trinajstić information content (AvgIpc) is 3.28. The number of anilines is 1. The standard InChI is InChI=1S/C15H13N3O4S2/c1-2-21-13(19)6-9-8-24-15(16-9)17-14(20)10-7-11(22-18-10)12-4-3-5-23-12/h3-5,7-8H,2,6H2,1H3,(H,16,17,20). The highest BCUT2D eigenvalue weighted by Crippen LogP contribution is 2.25. The summed E-state index contributed by atoms with van der Waals surface area (Å²) >= 11 is 2.73. The lowest BCUT2D eigenvalue weighted by Gasteiger charge is -1.98. The molecular weight excluding hydrogens is 350 g/mol. The number of nitrogens with one attached hydrogen (secondary N) is 1. The fourth-order valence-corrected chi connectivity index (χ4v) is 3.26. The summed E-state index contributed by atoms with van der Waals surface area (Å²) in [5.41, 5.74) is 0.716. The lowest BCUT2D eigenvalue weighted by molar-refractivity contribution is -0.142. The van der Waals surface area contributed by atoms with Crippen LogP contribution in [0, 0.1) is 0 Å². The molecule has 124 valence electrons. The van der Waals surface area contributed by atoms with Crippen molar-refractivity contribution in [2.75, 3.05) is 11.9 Å². The third-order valence-corrected chi connectivity index (χ3v) is 4.60. The van der Waals surface area contributed by atoms with Gasteiger partial charge in [-0.25, -0.2) is 4.98 Å². The maximum Gasteiger partial charge on any atom is 0.311 e. The molecule has 0 unspecified atom stereocenters. The van der Waals surface area contributed by atoms with Crippen LogP contribution in [0.2, 0.25) is 0 Å². The van der Waals surface area contributed by atoms with E-state index < -0.39 is 5.91 Å². The highest BCUT2D eigenvalue weighted by molar-refractivity contribution is 7.14. The van der Waals surface area contributed by atoms with Gasteiger partial charge in [-0.3, -0.25) is 14.9 Å². The smallest absolute Gasteiger partial charge is 0.311 e. The van der Waals surface area contributed by atoms with Gasteiger partial charge in [0.05, 0.1) is 23.6 Å². The first kappa shape index (κ1) is 16.3. The summed E-state index contributed by atoms with van der Waals surface area (Å²) in [4.78, 5) is 28.7. The molecule has 0 bridgehead atoms. The van der Waals surface area contributed by atoms with Crippen molar-refractivity contribution in [1.29, 1.82) is 0 Å². The Hall–Kier alpha value is -2.52. The van der Waals surface area contributed by atoms with E-state index in [0.29, 0.717) is 23.2 Å². The van der Waals surface area contributed by atoms with Gasteiger partial charge in [-0.1, -0.05) is 11.2 Å². The summed E-state index contributed by atoms with van der Waals surface area (Å²) in [6.07, 6.45) is 0.0761. The Morgan fingerprint density at radius 3 is 3.00 bits per heavy atom. The summed E-state index contributed by atoms with van der Waals surface area (Å²) in [5.74, 6) is -0.228. The quantitative estimate of drug-likeness (QED) is 0.676. The maximum atomic E-state index is 12.2. The highest BCUT2D eigenvalue weighted by atomic mass is 32.1. The van der Waals surface area contributed by atoms with E-state index >= 15 is 0 Å². The summed E-state index contributed by atoms with van der Waals surface area (Å²) < 4.78 is 10.0. The lowest BCUT2D eigenvalue weighted by atomic mass is 10.3. The van der Waals surface area contributed by atoms with E-state index in [4.69, 9.17) is 9.26 Å². The second-order valence-corrected chi connectivity index (χ2v) is 6.44. The van der Waals surface area contributed by atoms with Gasteiger partial charge in [0.25, 0.3) is 5.91 Å². The molecule has 0 radical (unpaired) electrons. The van der Waals surface area contributed by atoms with E-state index in [1.165, 1.54) is 22.7 Å².